The fraction of sp³-hybridized carbons (Fsp3) is 0.833. The summed E-state index contributed by atoms with van der Waals surface area (Å²) in [7, 11) is 0. The lowest BCUT2D eigenvalue weighted by Gasteiger charge is -2.41. The molecule has 3 rings (SSSR count). The molecule has 2 saturated heterocycles. The molecule has 0 bridgehead atoms. The molecule has 2 aliphatic rings. The molecular formula is C12H21N5O. The SMILES string of the molecule is CC1CN2CCCC2CN1c1nnc(CCN)o1. The Labute approximate surface area is 107 Å². The number of hydrogen-bond acceptors (Lipinski definition) is 6. The largest absolute Gasteiger partial charge is 0.408 e. The van der Waals surface area contributed by atoms with Crippen LogP contribution in [0.1, 0.15) is 25.7 Å². The summed E-state index contributed by atoms with van der Waals surface area (Å²) >= 11 is 0. The lowest BCUT2D eigenvalue weighted by atomic mass is 10.1. The second-order valence-corrected chi connectivity index (χ2v) is 5.31. The number of piperazine rings is 1. The molecule has 18 heavy (non-hydrogen) atoms. The van der Waals surface area contributed by atoms with Gasteiger partial charge in [0.25, 0.3) is 0 Å². The molecular weight excluding hydrogens is 230 g/mol. The quantitative estimate of drug-likeness (QED) is 0.830. The van der Waals surface area contributed by atoms with Crippen molar-refractivity contribution in [1.82, 2.24) is 15.1 Å². The Morgan fingerprint density at radius 2 is 2.28 bits per heavy atom. The molecule has 2 N–H and O–H groups in total. The zero-order chi connectivity index (χ0) is 12.5. The molecule has 0 amide bonds. The first kappa shape index (κ1) is 11.9. The van der Waals surface area contributed by atoms with E-state index in [9.17, 15) is 0 Å². The summed E-state index contributed by atoms with van der Waals surface area (Å²) in [5.74, 6) is 0.647. The predicted molar refractivity (Wildman–Crippen MR) is 68.5 cm³/mol. The van der Waals surface area contributed by atoms with E-state index in [4.69, 9.17) is 10.2 Å². The Balaban J connectivity index is 1.73. The zero-order valence-corrected chi connectivity index (χ0v) is 10.9. The first-order valence-electron chi connectivity index (χ1n) is 6.81. The van der Waals surface area contributed by atoms with Crippen LogP contribution < -0.4 is 10.6 Å². The van der Waals surface area contributed by atoms with Crippen molar-refractivity contribution in [3.05, 3.63) is 5.89 Å². The molecule has 0 spiro atoms. The maximum absolute atomic E-state index is 5.69. The van der Waals surface area contributed by atoms with E-state index < -0.39 is 0 Å². The topological polar surface area (TPSA) is 71.4 Å². The Morgan fingerprint density at radius 1 is 1.39 bits per heavy atom. The molecule has 100 valence electrons. The van der Waals surface area contributed by atoms with E-state index >= 15 is 0 Å². The van der Waals surface area contributed by atoms with Crippen molar-refractivity contribution in [2.75, 3.05) is 31.1 Å². The van der Waals surface area contributed by atoms with E-state index in [0.717, 1.165) is 13.1 Å². The first-order chi connectivity index (χ1) is 8.78. The highest BCUT2D eigenvalue weighted by Gasteiger charge is 2.36. The van der Waals surface area contributed by atoms with Crippen LogP contribution in [-0.4, -0.2) is 53.4 Å². The van der Waals surface area contributed by atoms with Crippen molar-refractivity contribution < 1.29 is 4.42 Å². The maximum Gasteiger partial charge on any atom is 0.318 e. The smallest absolute Gasteiger partial charge is 0.318 e. The van der Waals surface area contributed by atoms with Crippen LogP contribution in [0.25, 0.3) is 0 Å². The van der Waals surface area contributed by atoms with Crippen LogP contribution in [0.5, 0.6) is 0 Å². The molecule has 1 aromatic rings. The van der Waals surface area contributed by atoms with Crippen molar-refractivity contribution in [3.63, 3.8) is 0 Å². The number of fused-ring (bicyclic) bond motifs is 1. The second-order valence-electron chi connectivity index (χ2n) is 5.31. The Kier molecular flexibility index (Phi) is 3.22. The normalized spacial score (nSPS) is 28.7. The van der Waals surface area contributed by atoms with Gasteiger partial charge < -0.3 is 15.1 Å². The highest BCUT2D eigenvalue weighted by Crippen LogP contribution is 2.27. The third kappa shape index (κ3) is 2.10. The summed E-state index contributed by atoms with van der Waals surface area (Å²) in [5.41, 5.74) is 5.50. The molecule has 6 heteroatoms. The first-order valence-corrected chi connectivity index (χ1v) is 6.81. The van der Waals surface area contributed by atoms with Crippen LogP contribution in [0.4, 0.5) is 6.01 Å². The molecule has 0 radical (unpaired) electrons. The molecule has 2 fully saturated rings. The fourth-order valence-electron chi connectivity index (χ4n) is 3.04. The Hall–Kier alpha value is -1.14. The predicted octanol–water partition coefficient (Wildman–Crippen LogP) is 0.244. The highest BCUT2D eigenvalue weighted by molar-refractivity contribution is 5.29. The van der Waals surface area contributed by atoms with Crippen LogP contribution in [0.3, 0.4) is 0 Å². The summed E-state index contributed by atoms with van der Waals surface area (Å²) in [6, 6.07) is 1.76. The van der Waals surface area contributed by atoms with Crippen LogP contribution >= 0.6 is 0 Å². The number of anilines is 1. The van der Waals surface area contributed by atoms with Gasteiger partial charge in [0, 0.05) is 38.1 Å². The molecule has 2 unspecified atom stereocenters. The zero-order valence-electron chi connectivity index (χ0n) is 10.9. The van der Waals surface area contributed by atoms with Crippen LogP contribution in [0.15, 0.2) is 4.42 Å². The summed E-state index contributed by atoms with van der Waals surface area (Å²) < 4.78 is 5.69. The molecule has 0 aliphatic carbocycles. The van der Waals surface area contributed by atoms with E-state index in [-0.39, 0.29) is 0 Å². The second kappa shape index (κ2) is 4.85. The van der Waals surface area contributed by atoms with E-state index in [1.807, 2.05) is 0 Å². The van der Waals surface area contributed by atoms with Gasteiger partial charge in [-0.15, -0.1) is 5.10 Å². The van der Waals surface area contributed by atoms with Gasteiger partial charge >= 0.3 is 6.01 Å². The van der Waals surface area contributed by atoms with E-state index in [0.29, 0.717) is 37.0 Å². The summed E-state index contributed by atoms with van der Waals surface area (Å²) in [6.07, 6.45) is 3.26. The minimum atomic E-state index is 0.436. The van der Waals surface area contributed by atoms with Gasteiger partial charge in [-0.2, -0.15) is 0 Å². The number of rotatable bonds is 3. The van der Waals surface area contributed by atoms with Gasteiger partial charge in [0.2, 0.25) is 5.89 Å². The van der Waals surface area contributed by atoms with Crippen molar-refractivity contribution in [2.45, 2.75) is 38.3 Å². The van der Waals surface area contributed by atoms with E-state index in [1.165, 1.54) is 19.4 Å². The summed E-state index contributed by atoms with van der Waals surface area (Å²) in [5, 5.41) is 8.21. The van der Waals surface area contributed by atoms with Gasteiger partial charge in [0.05, 0.1) is 0 Å². The molecule has 2 aliphatic heterocycles. The van der Waals surface area contributed by atoms with Crippen LogP contribution in [0.2, 0.25) is 0 Å². The molecule has 3 heterocycles. The Morgan fingerprint density at radius 3 is 3.11 bits per heavy atom. The van der Waals surface area contributed by atoms with Gasteiger partial charge in [0.1, 0.15) is 0 Å². The van der Waals surface area contributed by atoms with Gasteiger partial charge in [-0.1, -0.05) is 5.10 Å². The summed E-state index contributed by atoms with van der Waals surface area (Å²) in [4.78, 5) is 4.83. The van der Waals surface area contributed by atoms with E-state index in [1.54, 1.807) is 0 Å². The third-order valence-corrected chi connectivity index (χ3v) is 4.00. The summed E-state index contributed by atoms with van der Waals surface area (Å²) in [6.45, 7) is 6.12. The fourth-order valence-corrected chi connectivity index (χ4v) is 3.04. The van der Waals surface area contributed by atoms with Crippen molar-refractivity contribution in [2.24, 2.45) is 5.73 Å². The number of hydrogen-bond donors (Lipinski definition) is 1. The monoisotopic (exact) mass is 251 g/mol. The standard InChI is InChI=1S/C12H21N5O/c1-9-7-16-6-2-3-10(16)8-17(9)12-15-14-11(18-12)4-5-13/h9-10H,2-8,13H2,1H3. The van der Waals surface area contributed by atoms with Gasteiger partial charge in [-0.25, -0.2) is 0 Å². The third-order valence-electron chi connectivity index (χ3n) is 4.00. The van der Waals surface area contributed by atoms with Gasteiger partial charge in [-0.3, -0.25) is 4.90 Å². The number of nitrogens with two attached hydrogens (primary N) is 1. The van der Waals surface area contributed by atoms with Gasteiger partial charge in [0.15, 0.2) is 0 Å². The minimum Gasteiger partial charge on any atom is -0.408 e. The lowest BCUT2D eigenvalue weighted by Crippen LogP contribution is -2.55. The molecule has 0 aromatic carbocycles. The molecule has 0 saturated carbocycles. The average Bonchev–Trinajstić information content (AvgIpc) is 2.96. The molecule has 2 atom stereocenters. The molecule has 6 nitrogen and oxygen atoms in total. The highest BCUT2D eigenvalue weighted by atomic mass is 16.4. The number of aromatic nitrogens is 2. The van der Waals surface area contributed by atoms with E-state index in [2.05, 4.69) is 26.9 Å². The van der Waals surface area contributed by atoms with Crippen molar-refractivity contribution >= 4 is 6.01 Å². The number of nitrogens with zero attached hydrogens (tertiary/aromatic N) is 4. The van der Waals surface area contributed by atoms with Crippen molar-refractivity contribution in [1.29, 1.82) is 0 Å². The van der Waals surface area contributed by atoms with Crippen LogP contribution in [-0.2, 0) is 6.42 Å². The Bertz CT molecular complexity index is 407. The van der Waals surface area contributed by atoms with Crippen molar-refractivity contribution in [3.8, 4) is 0 Å². The van der Waals surface area contributed by atoms with Crippen LogP contribution in [0, 0.1) is 0 Å². The maximum atomic E-state index is 5.69. The molecule has 1 aromatic heterocycles. The lowest BCUT2D eigenvalue weighted by molar-refractivity contribution is 0.197. The average molecular weight is 251 g/mol. The minimum absolute atomic E-state index is 0.436. The van der Waals surface area contributed by atoms with Gasteiger partial charge in [-0.05, 0) is 26.3 Å².